The smallest absolute Gasteiger partial charge is 0.279 e. The number of nitrogens with one attached hydrogen (secondary N) is 3. The van der Waals surface area contributed by atoms with Crippen molar-refractivity contribution in [2.45, 2.75) is 13.8 Å². The number of para-hydroxylation sites is 1. The van der Waals surface area contributed by atoms with E-state index in [-0.39, 0.29) is 18.4 Å². The average molecular weight is 356 g/mol. The number of rotatable bonds is 9. The maximum absolute atomic E-state index is 12.2. The Morgan fingerprint density at radius 1 is 0.885 bits per heavy atom. The normalized spacial score (nSPS) is 11.5. The van der Waals surface area contributed by atoms with Crippen molar-refractivity contribution in [1.82, 2.24) is 5.32 Å². The van der Waals surface area contributed by atoms with E-state index in [9.17, 15) is 9.59 Å². The van der Waals surface area contributed by atoms with Gasteiger partial charge in [0.05, 0.1) is 6.54 Å². The first-order chi connectivity index (χ1) is 12.6. The zero-order chi connectivity index (χ0) is 18.8. The van der Waals surface area contributed by atoms with E-state index in [0.29, 0.717) is 31.1 Å². The van der Waals surface area contributed by atoms with Gasteiger partial charge in [-0.25, -0.2) is 0 Å². The van der Waals surface area contributed by atoms with Crippen molar-refractivity contribution < 1.29 is 19.2 Å². The fraction of sp³-hybridized carbons (Fsp3) is 0.300. The fourth-order valence-electron chi connectivity index (χ4n) is 2.46. The number of ether oxygens (including phenoxy) is 1. The van der Waals surface area contributed by atoms with Gasteiger partial charge < -0.3 is 20.3 Å². The number of hydrogen-bond donors (Lipinski definition) is 3. The van der Waals surface area contributed by atoms with Gasteiger partial charge in [0.15, 0.2) is 13.1 Å². The monoisotopic (exact) mass is 356 g/mol. The van der Waals surface area contributed by atoms with E-state index >= 15 is 0 Å². The van der Waals surface area contributed by atoms with Crippen molar-refractivity contribution in [3.63, 3.8) is 0 Å². The Morgan fingerprint density at radius 3 is 2.12 bits per heavy atom. The molecule has 2 aromatic rings. The standard InChI is InChI=1S/C20H25N3O3/c1-3-21-19(24)14-23(4-2)15-20(25)22-16-10-12-18(13-11-16)26-17-8-6-5-7-9-17/h5-13H,3-4,14-15H2,1-2H3,(H,21,24)(H,22,25)/p+1. The maximum atomic E-state index is 12.2. The Morgan fingerprint density at radius 2 is 1.50 bits per heavy atom. The largest absolute Gasteiger partial charge is 0.457 e. The third kappa shape index (κ3) is 6.57. The first kappa shape index (κ1) is 19.5. The molecule has 0 heterocycles. The van der Waals surface area contributed by atoms with E-state index in [2.05, 4.69) is 10.6 Å². The highest BCUT2D eigenvalue weighted by molar-refractivity contribution is 5.91. The highest BCUT2D eigenvalue weighted by Crippen LogP contribution is 2.22. The van der Waals surface area contributed by atoms with Crippen molar-refractivity contribution in [3.8, 4) is 11.5 Å². The van der Waals surface area contributed by atoms with Crippen LogP contribution in [0.3, 0.4) is 0 Å². The Labute approximate surface area is 154 Å². The molecule has 2 amide bonds. The number of quaternary nitrogens is 1. The van der Waals surface area contributed by atoms with Crippen LogP contribution in [-0.2, 0) is 9.59 Å². The Hall–Kier alpha value is -2.86. The zero-order valence-electron chi connectivity index (χ0n) is 15.2. The van der Waals surface area contributed by atoms with Gasteiger partial charge in [-0.3, -0.25) is 9.59 Å². The van der Waals surface area contributed by atoms with Crippen LogP contribution in [0.25, 0.3) is 0 Å². The Bertz CT molecular complexity index is 702. The third-order valence-electron chi connectivity index (χ3n) is 3.81. The summed E-state index contributed by atoms with van der Waals surface area (Å²) in [6.45, 7) is 5.67. The summed E-state index contributed by atoms with van der Waals surface area (Å²) >= 11 is 0. The summed E-state index contributed by atoms with van der Waals surface area (Å²) in [4.78, 5) is 24.8. The van der Waals surface area contributed by atoms with Gasteiger partial charge >= 0.3 is 0 Å². The lowest BCUT2D eigenvalue weighted by atomic mass is 10.3. The van der Waals surface area contributed by atoms with Gasteiger partial charge in [-0.15, -0.1) is 0 Å². The quantitative estimate of drug-likeness (QED) is 0.637. The molecule has 0 spiro atoms. The number of anilines is 1. The van der Waals surface area contributed by atoms with E-state index in [1.807, 2.05) is 56.3 Å². The number of amides is 2. The second-order valence-corrected chi connectivity index (χ2v) is 5.90. The average Bonchev–Trinajstić information content (AvgIpc) is 2.64. The molecule has 0 aliphatic carbocycles. The van der Waals surface area contributed by atoms with E-state index in [4.69, 9.17) is 4.74 Å². The zero-order valence-corrected chi connectivity index (χ0v) is 15.2. The van der Waals surface area contributed by atoms with Crippen LogP contribution < -0.4 is 20.3 Å². The lowest BCUT2D eigenvalue weighted by Gasteiger charge is -2.16. The topological polar surface area (TPSA) is 71.9 Å². The molecule has 0 bridgehead atoms. The van der Waals surface area contributed by atoms with Crippen molar-refractivity contribution in [2.75, 3.05) is 31.5 Å². The SMILES string of the molecule is CCNC(=O)C[NH+](CC)CC(=O)Nc1ccc(Oc2ccccc2)cc1. The molecule has 138 valence electrons. The predicted octanol–water partition coefficient (Wildman–Crippen LogP) is 1.46. The molecule has 0 fully saturated rings. The summed E-state index contributed by atoms with van der Waals surface area (Å²) < 4.78 is 5.73. The van der Waals surface area contributed by atoms with Crippen molar-refractivity contribution in [1.29, 1.82) is 0 Å². The predicted molar refractivity (Wildman–Crippen MR) is 102 cm³/mol. The molecule has 0 aliphatic rings. The van der Waals surface area contributed by atoms with Crippen LogP contribution in [0.4, 0.5) is 5.69 Å². The van der Waals surface area contributed by atoms with E-state index < -0.39 is 0 Å². The Kier molecular flexibility index (Phi) is 7.64. The van der Waals surface area contributed by atoms with E-state index in [1.165, 1.54) is 0 Å². The van der Waals surface area contributed by atoms with Crippen molar-refractivity contribution >= 4 is 17.5 Å². The summed E-state index contributed by atoms with van der Waals surface area (Å²) in [7, 11) is 0. The van der Waals surface area contributed by atoms with Crippen LogP contribution in [-0.4, -0.2) is 38.0 Å². The minimum absolute atomic E-state index is 0.0421. The van der Waals surface area contributed by atoms with Gasteiger partial charge in [-0.1, -0.05) is 18.2 Å². The molecule has 0 radical (unpaired) electrons. The number of carbonyl (C=O) groups is 2. The second kappa shape index (κ2) is 10.2. The number of benzene rings is 2. The summed E-state index contributed by atoms with van der Waals surface area (Å²) in [6.07, 6.45) is 0. The first-order valence-electron chi connectivity index (χ1n) is 8.83. The maximum Gasteiger partial charge on any atom is 0.279 e. The number of likely N-dealkylation sites (N-methyl/N-ethyl adjacent to an activating group) is 2. The van der Waals surface area contributed by atoms with Crippen LogP contribution in [0.2, 0.25) is 0 Å². The summed E-state index contributed by atoms with van der Waals surface area (Å²) in [6, 6.07) is 16.7. The van der Waals surface area contributed by atoms with Crippen LogP contribution in [0, 0.1) is 0 Å². The summed E-state index contributed by atoms with van der Waals surface area (Å²) in [5.41, 5.74) is 0.698. The number of carbonyl (C=O) groups excluding carboxylic acids is 2. The van der Waals surface area contributed by atoms with Gasteiger partial charge in [0.2, 0.25) is 0 Å². The van der Waals surface area contributed by atoms with Crippen molar-refractivity contribution in [3.05, 3.63) is 54.6 Å². The lowest BCUT2D eigenvalue weighted by molar-refractivity contribution is -0.881. The molecule has 26 heavy (non-hydrogen) atoms. The van der Waals surface area contributed by atoms with E-state index in [1.54, 1.807) is 12.1 Å². The summed E-state index contributed by atoms with van der Waals surface area (Å²) in [5.74, 6) is 1.30. The molecule has 6 heteroatoms. The minimum atomic E-state index is -0.122. The van der Waals surface area contributed by atoms with Gasteiger partial charge in [0, 0.05) is 12.2 Å². The summed E-state index contributed by atoms with van der Waals surface area (Å²) in [5, 5.41) is 5.61. The molecule has 6 nitrogen and oxygen atoms in total. The van der Waals surface area contributed by atoms with Gasteiger partial charge in [0.1, 0.15) is 11.5 Å². The molecule has 0 saturated heterocycles. The highest BCUT2D eigenvalue weighted by Gasteiger charge is 2.16. The first-order valence-corrected chi connectivity index (χ1v) is 8.83. The fourth-order valence-corrected chi connectivity index (χ4v) is 2.46. The van der Waals surface area contributed by atoms with Crippen LogP contribution in [0.15, 0.2) is 54.6 Å². The van der Waals surface area contributed by atoms with E-state index in [0.717, 1.165) is 10.6 Å². The van der Waals surface area contributed by atoms with Crippen LogP contribution in [0.5, 0.6) is 11.5 Å². The Balaban J connectivity index is 1.85. The van der Waals surface area contributed by atoms with Gasteiger partial charge in [0.25, 0.3) is 11.8 Å². The van der Waals surface area contributed by atoms with Crippen molar-refractivity contribution in [2.24, 2.45) is 0 Å². The molecule has 0 aliphatic heterocycles. The minimum Gasteiger partial charge on any atom is -0.457 e. The number of hydrogen-bond acceptors (Lipinski definition) is 3. The molecular weight excluding hydrogens is 330 g/mol. The van der Waals surface area contributed by atoms with Crippen LogP contribution >= 0.6 is 0 Å². The molecule has 2 aromatic carbocycles. The molecule has 3 N–H and O–H groups in total. The second-order valence-electron chi connectivity index (χ2n) is 5.90. The lowest BCUT2D eigenvalue weighted by Crippen LogP contribution is -3.14. The van der Waals surface area contributed by atoms with Gasteiger partial charge in [-0.2, -0.15) is 0 Å². The highest BCUT2D eigenvalue weighted by atomic mass is 16.5. The molecular formula is C20H26N3O3+. The molecule has 2 rings (SSSR count). The molecule has 0 aromatic heterocycles. The molecule has 1 atom stereocenters. The molecule has 0 saturated carbocycles. The molecule has 1 unspecified atom stereocenters. The third-order valence-corrected chi connectivity index (χ3v) is 3.81. The van der Waals surface area contributed by atoms with Crippen LogP contribution in [0.1, 0.15) is 13.8 Å². The van der Waals surface area contributed by atoms with Gasteiger partial charge in [-0.05, 0) is 50.2 Å².